The highest BCUT2D eigenvalue weighted by Gasteiger charge is 2.00. The number of benzene rings is 1. The van der Waals surface area contributed by atoms with Crippen LogP contribution in [0.15, 0.2) is 29.1 Å². The molecule has 0 saturated heterocycles. The average Bonchev–Trinajstić information content (AvgIpc) is 2.69. The van der Waals surface area contributed by atoms with Gasteiger partial charge in [0.1, 0.15) is 0 Å². The van der Waals surface area contributed by atoms with E-state index >= 15 is 0 Å². The Morgan fingerprint density at radius 2 is 2.33 bits per heavy atom. The summed E-state index contributed by atoms with van der Waals surface area (Å²) in [5, 5.41) is 0. The van der Waals surface area contributed by atoms with E-state index in [1.54, 1.807) is 13.0 Å². The third kappa shape index (κ3) is 3.07. The second-order valence-corrected chi connectivity index (χ2v) is 4.70. The standard InChI is InChI=1S/C13H13NO3S/c1-2-17-12(15)5-3-4-9-6-7-10-11(8-9)18-13(16)14-10/h3-4,6-8H,2,5H2,1H3,(H,14,16). The van der Waals surface area contributed by atoms with Crippen molar-refractivity contribution in [3.05, 3.63) is 39.5 Å². The summed E-state index contributed by atoms with van der Waals surface area (Å²) >= 11 is 1.18. The second-order valence-electron chi connectivity index (χ2n) is 3.68. The van der Waals surface area contributed by atoms with Crippen LogP contribution in [0.4, 0.5) is 0 Å². The van der Waals surface area contributed by atoms with Crippen molar-refractivity contribution in [2.24, 2.45) is 0 Å². The number of rotatable bonds is 4. The monoisotopic (exact) mass is 263 g/mol. The summed E-state index contributed by atoms with van der Waals surface area (Å²) in [5.74, 6) is -0.235. The first-order chi connectivity index (χ1) is 8.69. The fraction of sp³-hybridized carbons (Fsp3) is 0.231. The predicted molar refractivity (Wildman–Crippen MR) is 72.7 cm³/mol. The molecular formula is C13H13NO3S. The summed E-state index contributed by atoms with van der Waals surface area (Å²) in [5.41, 5.74) is 1.80. The lowest BCUT2D eigenvalue weighted by atomic mass is 10.2. The lowest BCUT2D eigenvalue weighted by Crippen LogP contribution is -2.01. The van der Waals surface area contributed by atoms with Crippen molar-refractivity contribution in [1.82, 2.24) is 4.98 Å². The van der Waals surface area contributed by atoms with Gasteiger partial charge in [0, 0.05) is 0 Å². The van der Waals surface area contributed by atoms with Crippen LogP contribution in [0.2, 0.25) is 0 Å². The molecule has 0 amide bonds. The number of thiazole rings is 1. The molecule has 94 valence electrons. The molecule has 0 aliphatic carbocycles. The van der Waals surface area contributed by atoms with E-state index in [-0.39, 0.29) is 17.3 Å². The van der Waals surface area contributed by atoms with Crippen LogP contribution in [0, 0.1) is 0 Å². The van der Waals surface area contributed by atoms with Crippen LogP contribution in [0.3, 0.4) is 0 Å². The molecule has 0 atom stereocenters. The Hall–Kier alpha value is -1.88. The molecule has 0 bridgehead atoms. The largest absolute Gasteiger partial charge is 0.466 e. The molecule has 5 heteroatoms. The lowest BCUT2D eigenvalue weighted by Gasteiger charge is -1.97. The zero-order chi connectivity index (χ0) is 13.0. The van der Waals surface area contributed by atoms with E-state index in [1.807, 2.05) is 24.3 Å². The molecule has 2 aromatic rings. The molecule has 0 saturated carbocycles. The number of nitrogens with one attached hydrogen (secondary N) is 1. The Bertz CT molecular complexity index is 639. The summed E-state index contributed by atoms with van der Waals surface area (Å²) in [4.78, 5) is 25.0. The number of aromatic amines is 1. The van der Waals surface area contributed by atoms with Gasteiger partial charge in [-0.2, -0.15) is 0 Å². The lowest BCUT2D eigenvalue weighted by molar-refractivity contribution is -0.142. The van der Waals surface area contributed by atoms with Gasteiger partial charge in [-0.15, -0.1) is 0 Å². The van der Waals surface area contributed by atoms with E-state index in [1.165, 1.54) is 11.3 Å². The van der Waals surface area contributed by atoms with Gasteiger partial charge in [0.05, 0.1) is 23.2 Å². The van der Waals surface area contributed by atoms with E-state index in [0.717, 1.165) is 15.8 Å². The molecule has 0 unspecified atom stereocenters. The van der Waals surface area contributed by atoms with Crippen molar-refractivity contribution in [1.29, 1.82) is 0 Å². The second kappa shape index (κ2) is 5.64. The fourth-order valence-corrected chi connectivity index (χ4v) is 2.36. The van der Waals surface area contributed by atoms with E-state index in [4.69, 9.17) is 4.74 Å². The summed E-state index contributed by atoms with van der Waals surface area (Å²) in [6.07, 6.45) is 3.87. The van der Waals surface area contributed by atoms with Gasteiger partial charge >= 0.3 is 10.8 Å². The number of aromatic nitrogens is 1. The minimum absolute atomic E-state index is 0.0577. The van der Waals surface area contributed by atoms with Gasteiger partial charge in [-0.05, 0) is 24.6 Å². The molecule has 0 fully saturated rings. The fourth-order valence-electron chi connectivity index (χ4n) is 1.58. The minimum atomic E-state index is -0.235. The molecular weight excluding hydrogens is 250 g/mol. The highest BCUT2D eigenvalue weighted by Crippen LogP contribution is 2.17. The third-order valence-electron chi connectivity index (χ3n) is 2.35. The van der Waals surface area contributed by atoms with Crippen LogP contribution in [0.5, 0.6) is 0 Å². The van der Waals surface area contributed by atoms with E-state index in [0.29, 0.717) is 6.61 Å². The van der Waals surface area contributed by atoms with Crippen LogP contribution in [-0.2, 0) is 9.53 Å². The average molecular weight is 263 g/mol. The van der Waals surface area contributed by atoms with Gasteiger partial charge < -0.3 is 9.72 Å². The number of fused-ring (bicyclic) bond motifs is 1. The van der Waals surface area contributed by atoms with Gasteiger partial charge in [0.25, 0.3) is 0 Å². The molecule has 0 radical (unpaired) electrons. The minimum Gasteiger partial charge on any atom is -0.466 e. The number of H-pyrrole nitrogens is 1. The van der Waals surface area contributed by atoms with Gasteiger partial charge in [0.15, 0.2) is 0 Å². The van der Waals surface area contributed by atoms with Crippen molar-refractivity contribution in [2.75, 3.05) is 6.61 Å². The molecule has 18 heavy (non-hydrogen) atoms. The Morgan fingerprint density at radius 3 is 3.11 bits per heavy atom. The van der Waals surface area contributed by atoms with Gasteiger partial charge in [0.2, 0.25) is 0 Å². The SMILES string of the molecule is CCOC(=O)CC=Cc1ccc2[nH]c(=O)sc2c1. The van der Waals surface area contributed by atoms with E-state index in [2.05, 4.69) is 4.98 Å². The van der Waals surface area contributed by atoms with Crippen LogP contribution in [-0.4, -0.2) is 17.6 Å². The van der Waals surface area contributed by atoms with E-state index in [9.17, 15) is 9.59 Å². The summed E-state index contributed by atoms with van der Waals surface area (Å²) < 4.78 is 5.73. The highest BCUT2D eigenvalue weighted by atomic mass is 32.1. The van der Waals surface area contributed by atoms with E-state index < -0.39 is 0 Å². The number of hydrogen-bond donors (Lipinski definition) is 1. The number of hydrogen-bond acceptors (Lipinski definition) is 4. The molecule has 1 aromatic carbocycles. The summed E-state index contributed by atoms with van der Waals surface area (Å²) in [6.45, 7) is 2.18. The van der Waals surface area contributed by atoms with Crippen molar-refractivity contribution in [3.63, 3.8) is 0 Å². The summed E-state index contributed by atoms with van der Waals surface area (Å²) in [7, 11) is 0. The normalized spacial score (nSPS) is 11.2. The molecule has 1 N–H and O–H groups in total. The topological polar surface area (TPSA) is 59.2 Å². The Morgan fingerprint density at radius 1 is 1.50 bits per heavy atom. The van der Waals surface area contributed by atoms with Gasteiger partial charge in [-0.3, -0.25) is 9.59 Å². The number of carbonyl (C=O) groups excluding carboxylic acids is 1. The summed E-state index contributed by atoms with van der Waals surface area (Å²) in [6, 6.07) is 5.67. The molecule has 0 spiro atoms. The number of esters is 1. The first kappa shape index (κ1) is 12.6. The van der Waals surface area contributed by atoms with Crippen LogP contribution in [0.25, 0.3) is 16.3 Å². The molecule has 1 heterocycles. The molecule has 0 aliphatic rings. The number of ether oxygens (including phenoxy) is 1. The maximum Gasteiger partial charge on any atom is 0.309 e. The first-order valence-electron chi connectivity index (χ1n) is 5.64. The first-order valence-corrected chi connectivity index (χ1v) is 6.45. The Kier molecular flexibility index (Phi) is 3.94. The maximum atomic E-state index is 11.2. The van der Waals surface area contributed by atoms with Crippen LogP contribution >= 0.6 is 11.3 Å². The maximum absolute atomic E-state index is 11.2. The van der Waals surface area contributed by atoms with Crippen molar-refractivity contribution in [2.45, 2.75) is 13.3 Å². The smallest absolute Gasteiger partial charge is 0.309 e. The van der Waals surface area contributed by atoms with Crippen molar-refractivity contribution >= 4 is 33.6 Å². The number of carbonyl (C=O) groups is 1. The third-order valence-corrected chi connectivity index (χ3v) is 3.19. The zero-order valence-electron chi connectivity index (χ0n) is 9.93. The van der Waals surface area contributed by atoms with Gasteiger partial charge in [-0.1, -0.05) is 29.6 Å². The molecule has 0 aliphatic heterocycles. The molecule has 2 rings (SSSR count). The highest BCUT2D eigenvalue weighted by molar-refractivity contribution is 7.16. The molecule has 1 aromatic heterocycles. The quantitative estimate of drug-likeness (QED) is 0.862. The van der Waals surface area contributed by atoms with Gasteiger partial charge in [-0.25, -0.2) is 0 Å². The zero-order valence-corrected chi connectivity index (χ0v) is 10.8. The van der Waals surface area contributed by atoms with Crippen molar-refractivity contribution in [3.8, 4) is 0 Å². The van der Waals surface area contributed by atoms with Crippen molar-refractivity contribution < 1.29 is 9.53 Å². The Balaban J connectivity index is 2.09. The van der Waals surface area contributed by atoms with Crippen LogP contribution < -0.4 is 4.87 Å². The van der Waals surface area contributed by atoms with Crippen LogP contribution in [0.1, 0.15) is 18.9 Å². The predicted octanol–water partition coefficient (Wildman–Crippen LogP) is 2.56. The molecule has 4 nitrogen and oxygen atoms in total. The Labute approximate surface area is 108 Å².